The fourth-order valence-corrected chi connectivity index (χ4v) is 3.35. The summed E-state index contributed by atoms with van der Waals surface area (Å²) in [4.78, 5) is 25.3. The number of aliphatic hydroxyl groups excluding tert-OH is 1. The zero-order valence-electron chi connectivity index (χ0n) is 14.9. The van der Waals surface area contributed by atoms with Crippen LogP contribution in [0.2, 0.25) is 0 Å². The predicted octanol–water partition coefficient (Wildman–Crippen LogP) is 2.65. The molecule has 2 aromatic carbocycles. The molecular formula is C20H19FN2O4. The summed E-state index contributed by atoms with van der Waals surface area (Å²) in [6.45, 7) is 2.83. The number of amides is 1. The van der Waals surface area contributed by atoms with E-state index in [9.17, 15) is 19.1 Å². The number of fused-ring (bicyclic) bond motifs is 1. The molecule has 0 radical (unpaired) electrons. The summed E-state index contributed by atoms with van der Waals surface area (Å²) in [6, 6.07) is 9.87. The molecule has 3 N–H and O–H groups in total. The Labute approximate surface area is 154 Å². The van der Waals surface area contributed by atoms with Crippen molar-refractivity contribution in [2.45, 2.75) is 19.8 Å². The minimum Gasteiger partial charge on any atom is -0.508 e. The van der Waals surface area contributed by atoms with Crippen LogP contribution in [0.1, 0.15) is 34.5 Å². The van der Waals surface area contributed by atoms with Crippen LogP contribution in [-0.2, 0) is 4.79 Å². The van der Waals surface area contributed by atoms with Crippen LogP contribution in [0, 0.1) is 12.7 Å². The zero-order valence-corrected chi connectivity index (χ0v) is 14.9. The van der Waals surface area contributed by atoms with Crippen LogP contribution in [-0.4, -0.2) is 33.3 Å². The van der Waals surface area contributed by atoms with Gasteiger partial charge in [-0.2, -0.15) is 0 Å². The zero-order chi connectivity index (χ0) is 19.7. The van der Waals surface area contributed by atoms with Crippen molar-refractivity contribution in [3.8, 4) is 5.75 Å². The highest BCUT2D eigenvalue weighted by Gasteiger charge is 2.26. The molecule has 0 saturated heterocycles. The molecule has 0 fully saturated rings. The average Bonchev–Trinajstić information content (AvgIpc) is 2.91. The third-order valence-electron chi connectivity index (χ3n) is 4.59. The number of hydrogen-bond donors (Lipinski definition) is 3. The lowest BCUT2D eigenvalue weighted by Gasteiger charge is -2.12. The molecule has 0 spiro atoms. The first-order chi connectivity index (χ1) is 12.8. The van der Waals surface area contributed by atoms with Crippen molar-refractivity contribution in [1.29, 1.82) is 0 Å². The monoisotopic (exact) mass is 370 g/mol. The number of aromatic nitrogens is 1. The van der Waals surface area contributed by atoms with E-state index in [1.807, 2.05) is 0 Å². The number of carbonyl (C=O) groups excluding carboxylic acids is 2. The van der Waals surface area contributed by atoms with Gasteiger partial charge in [-0.25, -0.2) is 4.39 Å². The maximum Gasteiger partial charge on any atom is 0.262 e. The molecule has 0 aliphatic heterocycles. The van der Waals surface area contributed by atoms with Crippen LogP contribution in [0.5, 0.6) is 5.75 Å². The number of phenols is 1. The summed E-state index contributed by atoms with van der Waals surface area (Å²) < 4.78 is 15.0. The number of halogens is 1. The van der Waals surface area contributed by atoms with Crippen LogP contribution in [0.25, 0.3) is 10.9 Å². The first-order valence-electron chi connectivity index (χ1n) is 8.38. The number of phenolic OH excluding ortho intramolecular Hbond substituents is 1. The molecule has 140 valence electrons. The second-order valence-electron chi connectivity index (χ2n) is 6.27. The number of hydrogen-bond acceptors (Lipinski definition) is 4. The third kappa shape index (κ3) is 3.29. The van der Waals surface area contributed by atoms with Crippen LogP contribution in [0.15, 0.2) is 42.5 Å². The molecule has 3 rings (SSSR count). The Morgan fingerprint density at radius 2 is 1.96 bits per heavy atom. The molecule has 0 aliphatic carbocycles. The molecule has 1 amide bonds. The molecule has 7 heteroatoms. The second kappa shape index (κ2) is 7.20. The van der Waals surface area contributed by atoms with E-state index in [1.165, 1.54) is 34.9 Å². The highest BCUT2D eigenvalue weighted by molar-refractivity contribution is 6.05. The van der Waals surface area contributed by atoms with Gasteiger partial charge in [0.15, 0.2) is 0 Å². The largest absolute Gasteiger partial charge is 0.508 e. The van der Waals surface area contributed by atoms with Gasteiger partial charge in [0, 0.05) is 16.6 Å². The van der Waals surface area contributed by atoms with Gasteiger partial charge in [0.25, 0.3) is 5.91 Å². The molecule has 0 bridgehead atoms. The van der Waals surface area contributed by atoms with E-state index < -0.39 is 30.3 Å². The Kier molecular flexibility index (Phi) is 4.96. The maximum absolute atomic E-state index is 13.6. The number of aromatic hydroxyl groups is 1. The summed E-state index contributed by atoms with van der Waals surface area (Å²) in [7, 11) is 0. The highest BCUT2D eigenvalue weighted by Crippen LogP contribution is 2.34. The number of aliphatic hydroxyl groups is 1. The Morgan fingerprint density at radius 1 is 1.22 bits per heavy atom. The molecule has 0 saturated carbocycles. The Balaban J connectivity index is 2.24. The Bertz CT molecular complexity index is 1040. The van der Waals surface area contributed by atoms with Gasteiger partial charge in [0.2, 0.25) is 5.91 Å². The fraction of sp³-hybridized carbons (Fsp3) is 0.200. The van der Waals surface area contributed by atoms with Crippen molar-refractivity contribution in [2.24, 2.45) is 0 Å². The Hall–Kier alpha value is -3.19. The summed E-state index contributed by atoms with van der Waals surface area (Å²) in [6.07, 6.45) is 0. The minimum atomic E-state index is -0.678. The summed E-state index contributed by atoms with van der Waals surface area (Å²) in [5, 5.41) is 21.7. The summed E-state index contributed by atoms with van der Waals surface area (Å²) in [5.41, 5.74) is 1.72. The smallest absolute Gasteiger partial charge is 0.262 e. The topological polar surface area (TPSA) is 91.6 Å². The van der Waals surface area contributed by atoms with E-state index in [0.29, 0.717) is 22.2 Å². The standard InChI is InChI=1S/C20H19FN2O4/c1-11(19(26)22-10-24)18-12(2)23(17-7-6-15(25)9-16(17)18)20(27)13-4-3-5-14(21)8-13/h3-9,11,24-25H,10H2,1-2H3,(H,22,26). The van der Waals surface area contributed by atoms with Gasteiger partial charge in [-0.05, 0) is 55.8 Å². The predicted molar refractivity (Wildman–Crippen MR) is 98.1 cm³/mol. The van der Waals surface area contributed by atoms with Crippen LogP contribution >= 0.6 is 0 Å². The first-order valence-corrected chi connectivity index (χ1v) is 8.38. The fourth-order valence-electron chi connectivity index (χ4n) is 3.35. The number of nitrogens with zero attached hydrogens (tertiary/aromatic N) is 1. The van der Waals surface area contributed by atoms with Gasteiger partial charge < -0.3 is 15.5 Å². The molecule has 3 aromatic rings. The van der Waals surface area contributed by atoms with Crippen LogP contribution < -0.4 is 5.32 Å². The van der Waals surface area contributed by atoms with Gasteiger partial charge >= 0.3 is 0 Å². The Morgan fingerprint density at radius 3 is 2.63 bits per heavy atom. The molecular weight excluding hydrogens is 351 g/mol. The van der Waals surface area contributed by atoms with Crippen molar-refractivity contribution in [3.63, 3.8) is 0 Å². The summed E-state index contributed by atoms with van der Waals surface area (Å²) >= 11 is 0. The second-order valence-corrected chi connectivity index (χ2v) is 6.27. The number of benzene rings is 2. The average molecular weight is 370 g/mol. The van der Waals surface area contributed by atoms with E-state index in [0.717, 1.165) is 6.07 Å². The SMILES string of the molecule is Cc1c(C(C)C(=O)NCO)c2cc(O)ccc2n1C(=O)c1cccc(F)c1. The maximum atomic E-state index is 13.6. The van der Waals surface area contributed by atoms with E-state index in [-0.39, 0.29) is 11.3 Å². The van der Waals surface area contributed by atoms with Crippen molar-refractivity contribution in [2.75, 3.05) is 6.73 Å². The lowest BCUT2D eigenvalue weighted by Crippen LogP contribution is -2.29. The van der Waals surface area contributed by atoms with E-state index >= 15 is 0 Å². The molecule has 1 aromatic heterocycles. The number of rotatable bonds is 4. The molecule has 0 aliphatic rings. The molecule has 1 heterocycles. The van der Waals surface area contributed by atoms with E-state index in [4.69, 9.17) is 5.11 Å². The molecule has 1 atom stereocenters. The molecule has 27 heavy (non-hydrogen) atoms. The van der Waals surface area contributed by atoms with Crippen molar-refractivity contribution >= 4 is 22.7 Å². The van der Waals surface area contributed by atoms with Crippen molar-refractivity contribution < 1.29 is 24.2 Å². The molecule has 6 nitrogen and oxygen atoms in total. The lowest BCUT2D eigenvalue weighted by molar-refractivity contribution is -0.123. The van der Waals surface area contributed by atoms with Gasteiger partial charge in [0.05, 0.1) is 11.4 Å². The quantitative estimate of drug-likeness (QED) is 0.616. The van der Waals surface area contributed by atoms with Gasteiger partial charge in [0.1, 0.15) is 18.3 Å². The highest BCUT2D eigenvalue weighted by atomic mass is 19.1. The third-order valence-corrected chi connectivity index (χ3v) is 4.59. The first kappa shape index (κ1) is 18.6. The molecule has 1 unspecified atom stereocenters. The lowest BCUT2D eigenvalue weighted by atomic mass is 9.97. The minimum absolute atomic E-state index is 0.00568. The van der Waals surface area contributed by atoms with Crippen molar-refractivity contribution in [3.05, 3.63) is 65.1 Å². The van der Waals surface area contributed by atoms with Gasteiger partial charge in [-0.15, -0.1) is 0 Å². The normalized spacial score (nSPS) is 12.1. The van der Waals surface area contributed by atoms with Crippen LogP contribution in [0.3, 0.4) is 0 Å². The summed E-state index contributed by atoms with van der Waals surface area (Å²) in [5.74, 6) is -2.06. The van der Waals surface area contributed by atoms with E-state index in [1.54, 1.807) is 19.9 Å². The van der Waals surface area contributed by atoms with Crippen LogP contribution in [0.4, 0.5) is 4.39 Å². The number of carbonyl (C=O) groups is 2. The van der Waals surface area contributed by atoms with E-state index in [2.05, 4.69) is 5.32 Å². The van der Waals surface area contributed by atoms with Crippen molar-refractivity contribution in [1.82, 2.24) is 9.88 Å². The number of nitrogens with one attached hydrogen (secondary N) is 1. The van der Waals surface area contributed by atoms with Gasteiger partial charge in [-0.1, -0.05) is 6.07 Å². The van der Waals surface area contributed by atoms with Gasteiger partial charge in [-0.3, -0.25) is 14.2 Å².